The average molecular weight is 501 g/mol. The number of hydrogen-bond acceptors (Lipinski definition) is 8. The highest BCUT2D eigenvalue weighted by molar-refractivity contribution is 7.86. The summed E-state index contributed by atoms with van der Waals surface area (Å²) in [5.41, 5.74) is 0. The Kier molecular flexibility index (Phi) is 12.0. The third kappa shape index (κ3) is 9.36. The molecule has 0 heterocycles. The molecule has 0 saturated carbocycles. The number of unbranched alkanes of at least 4 members (excludes halogenated alkanes) is 2. The van der Waals surface area contributed by atoms with Crippen molar-refractivity contribution in [3.63, 3.8) is 0 Å². The second-order valence-electron chi connectivity index (χ2n) is 8.04. The monoisotopic (exact) mass is 500 g/mol. The second kappa shape index (κ2) is 14.4. The third-order valence-corrected chi connectivity index (χ3v) is 5.88. The van der Waals surface area contributed by atoms with E-state index in [1.807, 2.05) is 13.8 Å². The zero-order valence-electron chi connectivity index (χ0n) is 19.8. The smallest absolute Gasteiger partial charge is 0.298 e. The maximum Gasteiger partial charge on any atom is 0.298 e. The van der Waals surface area contributed by atoms with Crippen LogP contribution in [0.3, 0.4) is 0 Å². The molecular weight excluding hydrogens is 464 g/mol. The van der Waals surface area contributed by atoms with Gasteiger partial charge in [-0.3, -0.25) is 4.55 Å². The van der Waals surface area contributed by atoms with Crippen LogP contribution >= 0.6 is 0 Å². The highest BCUT2D eigenvalue weighted by atomic mass is 32.2. The highest BCUT2D eigenvalue weighted by Crippen LogP contribution is 2.34. The molecule has 2 aromatic carbocycles. The van der Waals surface area contributed by atoms with Crippen LogP contribution in [0.15, 0.2) is 35.2 Å². The number of aliphatic hydroxyl groups is 2. The molecule has 0 radical (unpaired) electrons. The Bertz CT molecular complexity index is 973. The van der Waals surface area contributed by atoms with E-state index >= 15 is 0 Å². The van der Waals surface area contributed by atoms with Gasteiger partial charge in [0, 0.05) is 18.6 Å². The van der Waals surface area contributed by atoms with Crippen molar-refractivity contribution in [2.24, 2.45) is 0 Å². The lowest BCUT2D eigenvalue weighted by Gasteiger charge is -2.17. The summed E-state index contributed by atoms with van der Waals surface area (Å²) in [6.07, 6.45) is 1.94. The highest BCUT2D eigenvalue weighted by Gasteiger charge is 2.22. The molecule has 0 spiro atoms. The van der Waals surface area contributed by atoms with Crippen LogP contribution in [-0.2, 0) is 19.6 Å². The first-order valence-electron chi connectivity index (χ1n) is 11.6. The van der Waals surface area contributed by atoms with E-state index in [0.717, 1.165) is 25.7 Å². The number of fused-ring (bicyclic) bond motifs is 1. The van der Waals surface area contributed by atoms with Gasteiger partial charge in [-0.1, -0.05) is 38.8 Å². The van der Waals surface area contributed by atoms with Crippen molar-refractivity contribution in [2.45, 2.75) is 56.6 Å². The van der Waals surface area contributed by atoms with Gasteiger partial charge < -0.3 is 29.2 Å². The molecule has 0 aliphatic heterocycles. The molecule has 0 aliphatic carbocycles. The van der Waals surface area contributed by atoms with Gasteiger partial charge in [0.25, 0.3) is 10.1 Å². The Labute approximate surface area is 201 Å². The van der Waals surface area contributed by atoms with Gasteiger partial charge in [-0.25, -0.2) is 0 Å². The fourth-order valence-corrected chi connectivity index (χ4v) is 3.96. The van der Waals surface area contributed by atoms with Crippen molar-refractivity contribution in [1.82, 2.24) is 0 Å². The number of hydrogen-bond donors (Lipinski definition) is 3. The second-order valence-corrected chi connectivity index (χ2v) is 9.40. The van der Waals surface area contributed by atoms with Crippen LogP contribution in [0.2, 0.25) is 0 Å². The van der Waals surface area contributed by atoms with Crippen LogP contribution in [0.4, 0.5) is 0 Å². The zero-order chi connectivity index (χ0) is 25.0. The first-order valence-corrected chi connectivity index (χ1v) is 13.0. The molecule has 9 nitrogen and oxygen atoms in total. The lowest BCUT2D eigenvalue weighted by atomic mass is 10.1. The molecule has 2 atom stereocenters. The van der Waals surface area contributed by atoms with Gasteiger partial charge >= 0.3 is 0 Å². The number of aliphatic hydroxyl groups excluding tert-OH is 2. The van der Waals surface area contributed by atoms with E-state index in [4.69, 9.17) is 18.9 Å². The fourth-order valence-electron chi connectivity index (χ4n) is 3.13. The van der Waals surface area contributed by atoms with Crippen LogP contribution < -0.4 is 9.47 Å². The Morgan fingerprint density at radius 1 is 0.824 bits per heavy atom. The molecule has 2 aromatic rings. The van der Waals surface area contributed by atoms with E-state index in [9.17, 15) is 23.2 Å². The van der Waals surface area contributed by atoms with E-state index in [0.29, 0.717) is 24.3 Å². The van der Waals surface area contributed by atoms with Crippen LogP contribution in [0.1, 0.15) is 39.5 Å². The van der Waals surface area contributed by atoms with Crippen molar-refractivity contribution in [3.05, 3.63) is 30.3 Å². The van der Waals surface area contributed by atoms with Crippen LogP contribution in [0, 0.1) is 0 Å². The predicted molar refractivity (Wildman–Crippen MR) is 128 cm³/mol. The van der Waals surface area contributed by atoms with Crippen molar-refractivity contribution in [3.8, 4) is 11.5 Å². The van der Waals surface area contributed by atoms with Gasteiger partial charge in [0.1, 0.15) is 41.8 Å². The summed E-state index contributed by atoms with van der Waals surface area (Å²) in [5.74, 6) is 0.218. The molecule has 0 saturated heterocycles. The summed E-state index contributed by atoms with van der Waals surface area (Å²) in [7, 11) is -4.66. The minimum Gasteiger partial charge on any atom is -0.491 e. The minimum absolute atomic E-state index is 0.0424. The quantitative estimate of drug-likeness (QED) is 0.221. The van der Waals surface area contributed by atoms with Crippen LogP contribution in [-0.4, -0.2) is 75.0 Å². The van der Waals surface area contributed by atoms with Crippen molar-refractivity contribution in [2.75, 3.05) is 39.6 Å². The molecule has 0 amide bonds. The molecular formula is C24H36O9S. The van der Waals surface area contributed by atoms with Gasteiger partial charge in [0.15, 0.2) is 0 Å². The average Bonchev–Trinajstić information content (AvgIpc) is 2.80. The van der Waals surface area contributed by atoms with Crippen molar-refractivity contribution < 1.29 is 42.1 Å². The molecule has 0 fully saturated rings. The van der Waals surface area contributed by atoms with Gasteiger partial charge in [-0.05, 0) is 36.4 Å². The van der Waals surface area contributed by atoms with Gasteiger partial charge in [-0.15, -0.1) is 0 Å². The Morgan fingerprint density at radius 3 is 1.94 bits per heavy atom. The normalized spacial score (nSPS) is 13.7. The topological polar surface area (TPSA) is 132 Å². The summed E-state index contributed by atoms with van der Waals surface area (Å²) >= 11 is 0. The Morgan fingerprint density at radius 2 is 1.38 bits per heavy atom. The maximum absolute atomic E-state index is 12.2. The molecule has 0 aliphatic rings. The number of ether oxygens (including phenoxy) is 4. The Balaban J connectivity index is 2.12. The van der Waals surface area contributed by atoms with Gasteiger partial charge in [-0.2, -0.15) is 8.42 Å². The molecule has 34 heavy (non-hydrogen) atoms. The largest absolute Gasteiger partial charge is 0.491 e. The standard InChI is InChI=1S/C24H36O9S/c1-3-5-11-30-14-19(25)16-32-21-9-7-18-8-10-23(24(22(18)13-21)34(27,28)29)33-17-20(26)15-31-12-6-4-2/h7-10,13,19-20,25-26H,3-6,11-12,14-17H2,1-2H3,(H,27,28,29). The summed E-state index contributed by atoms with van der Waals surface area (Å²) < 4.78 is 56.1. The molecule has 3 N–H and O–H groups in total. The van der Waals surface area contributed by atoms with E-state index in [1.54, 1.807) is 18.2 Å². The zero-order valence-corrected chi connectivity index (χ0v) is 20.6. The molecule has 2 rings (SSSR count). The Hall–Kier alpha value is -1.95. The first kappa shape index (κ1) is 28.3. The minimum atomic E-state index is -4.66. The molecule has 0 aromatic heterocycles. The van der Waals surface area contributed by atoms with Gasteiger partial charge in [0.2, 0.25) is 0 Å². The fraction of sp³-hybridized carbons (Fsp3) is 0.583. The van der Waals surface area contributed by atoms with Crippen molar-refractivity contribution in [1.29, 1.82) is 0 Å². The summed E-state index contributed by atoms with van der Waals surface area (Å²) in [6, 6.07) is 7.81. The lowest BCUT2D eigenvalue weighted by Crippen LogP contribution is -2.24. The SMILES string of the molecule is CCCCOCC(O)COc1ccc2ccc(OCC(O)COCCCC)c(S(=O)(=O)O)c2c1. The third-order valence-electron chi connectivity index (χ3n) is 4.94. The van der Waals surface area contributed by atoms with E-state index in [1.165, 1.54) is 12.1 Å². The first-order chi connectivity index (χ1) is 16.3. The number of benzene rings is 2. The van der Waals surface area contributed by atoms with Crippen LogP contribution in [0.5, 0.6) is 11.5 Å². The predicted octanol–water partition coefficient (Wildman–Crippen LogP) is 3.20. The molecule has 2 unspecified atom stereocenters. The summed E-state index contributed by atoms with van der Waals surface area (Å²) in [6.45, 7) is 5.08. The summed E-state index contributed by atoms with van der Waals surface area (Å²) in [4.78, 5) is -0.419. The summed E-state index contributed by atoms with van der Waals surface area (Å²) in [5, 5.41) is 20.8. The molecule has 0 bridgehead atoms. The van der Waals surface area contributed by atoms with Gasteiger partial charge in [0.05, 0.1) is 13.2 Å². The number of rotatable bonds is 17. The maximum atomic E-state index is 12.2. The molecule has 192 valence electrons. The van der Waals surface area contributed by atoms with E-state index in [2.05, 4.69) is 0 Å². The van der Waals surface area contributed by atoms with Crippen molar-refractivity contribution >= 4 is 20.9 Å². The van der Waals surface area contributed by atoms with E-state index < -0.39 is 27.2 Å². The van der Waals surface area contributed by atoms with E-state index in [-0.39, 0.29) is 37.6 Å². The lowest BCUT2D eigenvalue weighted by molar-refractivity contribution is 0.0107. The molecule has 10 heteroatoms. The van der Waals surface area contributed by atoms with Crippen LogP contribution in [0.25, 0.3) is 10.8 Å².